The molecule has 1 aliphatic rings. The van der Waals surface area contributed by atoms with Crippen molar-refractivity contribution in [2.45, 2.75) is 30.6 Å². The van der Waals surface area contributed by atoms with E-state index in [2.05, 4.69) is 10.0 Å². The van der Waals surface area contributed by atoms with Crippen LogP contribution in [0, 0.1) is 5.92 Å². The van der Waals surface area contributed by atoms with Crippen molar-refractivity contribution in [1.29, 1.82) is 0 Å². The fraction of sp³-hybridized carbons (Fsp3) is 0.381. The molecular weight excluding hydrogens is 447 g/mol. The molecule has 1 fully saturated rings. The van der Waals surface area contributed by atoms with Gasteiger partial charge in [0.05, 0.1) is 21.4 Å². The lowest BCUT2D eigenvalue weighted by Gasteiger charge is -2.10. The number of anilines is 1. The summed E-state index contributed by atoms with van der Waals surface area (Å²) in [6.07, 6.45) is 3.55. The van der Waals surface area contributed by atoms with Crippen molar-refractivity contribution in [3.05, 3.63) is 58.1 Å². The number of nitrogens with one attached hydrogen (secondary N) is 2. The van der Waals surface area contributed by atoms with Gasteiger partial charge in [-0.05, 0) is 61.1 Å². The van der Waals surface area contributed by atoms with E-state index in [0.29, 0.717) is 18.8 Å². The SMILES string of the molecule is O=C(Cc1ccc(NS(=O)(=O)c2ccc(Cl)c(Cl)c2)cc1)NCCCOCC1CC1. The van der Waals surface area contributed by atoms with Crippen molar-refractivity contribution < 1.29 is 17.9 Å². The number of ether oxygens (including phenoxy) is 1. The first-order chi connectivity index (χ1) is 14.3. The molecule has 1 saturated carbocycles. The molecule has 0 atom stereocenters. The highest BCUT2D eigenvalue weighted by atomic mass is 35.5. The predicted molar refractivity (Wildman–Crippen MR) is 119 cm³/mol. The van der Waals surface area contributed by atoms with Crippen molar-refractivity contribution in [3.63, 3.8) is 0 Å². The Labute approximate surface area is 187 Å². The van der Waals surface area contributed by atoms with Gasteiger partial charge in [0.15, 0.2) is 0 Å². The Morgan fingerprint density at radius 3 is 2.47 bits per heavy atom. The molecule has 2 aromatic rings. The van der Waals surface area contributed by atoms with E-state index in [1.807, 2.05) is 0 Å². The molecule has 0 heterocycles. The van der Waals surface area contributed by atoms with Gasteiger partial charge in [0, 0.05) is 25.4 Å². The van der Waals surface area contributed by atoms with Crippen molar-refractivity contribution in [1.82, 2.24) is 5.32 Å². The van der Waals surface area contributed by atoms with E-state index >= 15 is 0 Å². The van der Waals surface area contributed by atoms with Crippen LogP contribution in [0.5, 0.6) is 0 Å². The molecule has 0 bridgehead atoms. The summed E-state index contributed by atoms with van der Waals surface area (Å²) in [5.74, 6) is 0.664. The zero-order valence-corrected chi connectivity index (χ0v) is 18.7. The van der Waals surface area contributed by atoms with Crippen molar-refractivity contribution in [2.24, 2.45) is 5.92 Å². The number of benzene rings is 2. The third-order valence-corrected chi connectivity index (χ3v) is 6.73. The van der Waals surface area contributed by atoms with Gasteiger partial charge in [-0.1, -0.05) is 35.3 Å². The first-order valence-corrected chi connectivity index (χ1v) is 12.0. The maximum Gasteiger partial charge on any atom is 0.261 e. The Balaban J connectivity index is 1.44. The monoisotopic (exact) mass is 470 g/mol. The lowest BCUT2D eigenvalue weighted by molar-refractivity contribution is -0.120. The second-order valence-electron chi connectivity index (χ2n) is 7.28. The Morgan fingerprint density at radius 2 is 1.80 bits per heavy atom. The summed E-state index contributed by atoms with van der Waals surface area (Å²) in [6, 6.07) is 10.8. The predicted octanol–water partition coefficient (Wildman–Crippen LogP) is 4.27. The molecule has 1 amide bonds. The second kappa shape index (κ2) is 10.5. The zero-order chi connectivity index (χ0) is 21.6. The lowest BCUT2D eigenvalue weighted by atomic mass is 10.1. The largest absolute Gasteiger partial charge is 0.381 e. The minimum atomic E-state index is -3.79. The minimum absolute atomic E-state index is 0.0152. The molecule has 6 nitrogen and oxygen atoms in total. The molecule has 2 aromatic carbocycles. The molecule has 9 heteroatoms. The van der Waals surface area contributed by atoms with Crippen LogP contribution in [0.1, 0.15) is 24.8 Å². The van der Waals surface area contributed by atoms with E-state index in [0.717, 1.165) is 24.5 Å². The van der Waals surface area contributed by atoms with Crippen molar-refractivity contribution in [3.8, 4) is 0 Å². The molecule has 162 valence electrons. The molecule has 0 saturated heterocycles. The molecule has 0 spiro atoms. The summed E-state index contributed by atoms with van der Waals surface area (Å²) in [4.78, 5) is 12.1. The molecule has 0 aliphatic heterocycles. The Kier molecular flexibility index (Phi) is 7.99. The first kappa shape index (κ1) is 22.9. The van der Waals surface area contributed by atoms with E-state index < -0.39 is 10.0 Å². The van der Waals surface area contributed by atoms with Crippen LogP contribution in [0.2, 0.25) is 10.0 Å². The number of sulfonamides is 1. The average Bonchev–Trinajstić information content (AvgIpc) is 3.52. The van der Waals surface area contributed by atoms with E-state index in [1.165, 1.54) is 31.0 Å². The summed E-state index contributed by atoms with van der Waals surface area (Å²) in [7, 11) is -3.79. The highest BCUT2D eigenvalue weighted by Crippen LogP contribution is 2.28. The van der Waals surface area contributed by atoms with E-state index in [9.17, 15) is 13.2 Å². The summed E-state index contributed by atoms with van der Waals surface area (Å²) >= 11 is 11.7. The van der Waals surface area contributed by atoms with Gasteiger partial charge < -0.3 is 10.1 Å². The Hall–Kier alpha value is -1.80. The van der Waals surface area contributed by atoms with Crippen LogP contribution < -0.4 is 10.0 Å². The maximum atomic E-state index is 12.5. The molecule has 0 radical (unpaired) electrons. The summed E-state index contributed by atoms with van der Waals surface area (Å²) in [5.41, 5.74) is 1.17. The highest BCUT2D eigenvalue weighted by molar-refractivity contribution is 7.92. The number of halogens is 2. The number of amides is 1. The normalized spacial score (nSPS) is 13.8. The summed E-state index contributed by atoms with van der Waals surface area (Å²) in [6.45, 7) is 2.06. The zero-order valence-electron chi connectivity index (χ0n) is 16.4. The average molecular weight is 471 g/mol. The van der Waals surface area contributed by atoms with Crippen LogP contribution >= 0.6 is 23.2 Å². The van der Waals surface area contributed by atoms with Crippen LogP contribution in [-0.4, -0.2) is 34.1 Å². The molecule has 2 N–H and O–H groups in total. The number of hydrogen-bond donors (Lipinski definition) is 2. The highest BCUT2D eigenvalue weighted by Gasteiger charge is 2.20. The second-order valence-corrected chi connectivity index (χ2v) is 9.77. The number of rotatable bonds is 11. The molecule has 3 rings (SSSR count). The first-order valence-electron chi connectivity index (χ1n) is 9.75. The van der Waals surface area contributed by atoms with Gasteiger partial charge in [-0.3, -0.25) is 9.52 Å². The smallest absolute Gasteiger partial charge is 0.261 e. The fourth-order valence-corrected chi connectivity index (χ4v) is 4.18. The number of carbonyl (C=O) groups is 1. The minimum Gasteiger partial charge on any atom is -0.381 e. The third kappa shape index (κ3) is 7.16. The standard InChI is InChI=1S/C21H24Cl2N2O4S/c22-19-9-8-18(13-20(19)23)30(27,28)25-17-6-4-15(5-7-17)12-21(26)24-10-1-11-29-14-16-2-3-16/h4-9,13,16,25H,1-3,10-12,14H2,(H,24,26). The van der Waals surface area contributed by atoms with Gasteiger partial charge in [0.1, 0.15) is 0 Å². The van der Waals surface area contributed by atoms with Crippen LogP contribution in [0.3, 0.4) is 0 Å². The number of carbonyl (C=O) groups excluding carboxylic acids is 1. The molecule has 0 unspecified atom stereocenters. The summed E-state index contributed by atoms with van der Waals surface area (Å²) < 4.78 is 33.0. The Bertz CT molecular complexity index is 977. The third-order valence-electron chi connectivity index (χ3n) is 4.61. The fourth-order valence-electron chi connectivity index (χ4n) is 2.73. The van der Waals surface area contributed by atoms with Crippen LogP contribution in [0.25, 0.3) is 0 Å². The van der Waals surface area contributed by atoms with Gasteiger partial charge in [-0.25, -0.2) is 8.42 Å². The van der Waals surface area contributed by atoms with E-state index in [4.69, 9.17) is 27.9 Å². The topological polar surface area (TPSA) is 84.5 Å². The van der Waals surface area contributed by atoms with Crippen LogP contribution in [0.15, 0.2) is 47.4 Å². The maximum absolute atomic E-state index is 12.5. The molecular formula is C21H24Cl2N2O4S. The summed E-state index contributed by atoms with van der Waals surface area (Å²) in [5, 5.41) is 3.31. The van der Waals surface area contributed by atoms with Crippen molar-refractivity contribution in [2.75, 3.05) is 24.5 Å². The van der Waals surface area contributed by atoms with Crippen LogP contribution in [0.4, 0.5) is 5.69 Å². The lowest BCUT2D eigenvalue weighted by Crippen LogP contribution is -2.26. The van der Waals surface area contributed by atoms with E-state index in [1.54, 1.807) is 24.3 Å². The van der Waals surface area contributed by atoms with Gasteiger partial charge in [0.25, 0.3) is 10.0 Å². The quantitative estimate of drug-likeness (QED) is 0.480. The van der Waals surface area contributed by atoms with Gasteiger partial charge in [-0.15, -0.1) is 0 Å². The van der Waals surface area contributed by atoms with Crippen molar-refractivity contribution >= 4 is 44.8 Å². The van der Waals surface area contributed by atoms with Gasteiger partial charge >= 0.3 is 0 Å². The molecule has 1 aliphatic carbocycles. The van der Waals surface area contributed by atoms with Gasteiger partial charge in [0.2, 0.25) is 5.91 Å². The molecule has 30 heavy (non-hydrogen) atoms. The molecule has 0 aromatic heterocycles. The Morgan fingerprint density at radius 1 is 1.07 bits per heavy atom. The van der Waals surface area contributed by atoms with Crippen LogP contribution in [-0.2, 0) is 26.0 Å². The van der Waals surface area contributed by atoms with Gasteiger partial charge in [-0.2, -0.15) is 0 Å². The number of hydrogen-bond acceptors (Lipinski definition) is 4. The van der Waals surface area contributed by atoms with E-state index in [-0.39, 0.29) is 27.3 Å².